The second kappa shape index (κ2) is 20.1. The lowest BCUT2D eigenvalue weighted by Gasteiger charge is -2.39. The summed E-state index contributed by atoms with van der Waals surface area (Å²) >= 11 is 6.23. The smallest absolute Gasteiger partial charge is 0.453 e. The number of H-pyrrole nitrogens is 1. The van der Waals surface area contributed by atoms with Gasteiger partial charge in [-0.05, 0) is 117 Å². The lowest BCUT2D eigenvalue weighted by molar-refractivity contribution is -0.0436. The molecular formula is C49H55ClF3N7O8S2. The van der Waals surface area contributed by atoms with Crippen LogP contribution in [0.5, 0.6) is 11.5 Å². The molecule has 0 spiro atoms. The van der Waals surface area contributed by atoms with Gasteiger partial charge in [-0.15, -0.1) is 0 Å². The van der Waals surface area contributed by atoms with Crippen LogP contribution in [0.1, 0.15) is 61.9 Å². The minimum Gasteiger partial charge on any atom is -0.453 e. The third-order valence-corrected chi connectivity index (χ3v) is 16.6. The number of pyridine rings is 1. The maximum Gasteiger partial charge on any atom is 0.501 e. The van der Waals surface area contributed by atoms with E-state index in [1.165, 1.54) is 23.4 Å². The number of nitrogens with zero attached hydrogens (tertiary/aromatic N) is 3. The number of hydrogen-bond donors (Lipinski definition) is 4. The Morgan fingerprint density at radius 3 is 2.44 bits per heavy atom. The fourth-order valence-corrected chi connectivity index (χ4v) is 11.9. The van der Waals surface area contributed by atoms with Crippen molar-refractivity contribution >= 4 is 65.3 Å². The van der Waals surface area contributed by atoms with Crippen LogP contribution in [0.25, 0.3) is 16.6 Å². The molecule has 9 rings (SSSR count). The fraction of sp³-hybridized carbons (Fsp3) is 0.429. The zero-order valence-electron chi connectivity index (χ0n) is 38.7. The molecule has 3 aliphatic heterocycles. The second-order valence-corrected chi connectivity index (χ2v) is 22.9. The lowest BCUT2D eigenvalue weighted by atomic mass is 9.82. The number of amides is 1. The van der Waals surface area contributed by atoms with Crippen LogP contribution in [0.2, 0.25) is 5.02 Å². The number of hydrogen-bond acceptors (Lipinski definition) is 13. The highest BCUT2D eigenvalue weighted by atomic mass is 35.5. The number of ether oxygens (including phenoxy) is 3. The van der Waals surface area contributed by atoms with Gasteiger partial charge in [-0.3, -0.25) is 9.69 Å². The molecule has 3 aromatic carbocycles. The Kier molecular flexibility index (Phi) is 14.3. The van der Waals surface area contributed by atoms with Crippen molar-refractivity contribution in [3.8, 4) is 11.5 Å². The Bertz CT molecular complexity index is 2980. The van der Waals surface area contributed by atoms with Crippen LogP contribution in [0, 0.1) is 5.92 Å². The number of nitrogens with one attached hydrogen (secondary N) is 4. The summed E-state index contributed by atoms with van der Waals surface area (Å²) in [4.78, 5) is 23.9. The summed E-state index contributed by atoms with van der Waals surface area (Å²) in [6, 6.07) is 18.0. The van der Waals surface area contributed by atoms with Gasteiger partial charge in [-0.25, -0.2) is 26.5 Å². The summed E-state index contributed by atoms with van der Waals surface area (Å²) in [6.07, 6.45) is 6.35. The maximum atomic E-state index is 14.3. The summed E-state index contributed by atoms with van der Waals surface area (Å²) in [6.45, 7) is 9.54. The van der Waals surface area contributed by atoms with Crippen molar-refractivity contribution in [2.75, 3.05) is 69.2 Å². The molecule has 5 aromatic rings. The number of para-hydroxylation sites is 1. The van der Waals surface area contributed by atoms with Crippen molar-refractivity contribution in [1.29, 1.82) is 0 Å². The quantitative estimate of drug-likeness (QED) is 0.0887. The molecule has 1 atom stereocenters. The molecule has 21 heteroatoms. The monoisotopic (exact) mass is 1030 g/mol. The standard InChI is InChI=1S/C49H55ClF3N7O8S2/c1-48(2)26-40(31-6-10-35(50)11-7-31)34(30-67-48)29-59-19-21-60(22-20-59)42-5-3-4-39(45(42)68-37-24-33-16-17-55-46(33)56-27-37)47(61)58-70(64,65)38-14-15-41(44(25-38)69(62,63)49(51,52)53)57-36-12-8-32(9-13-36)43-28-54-18-23-66-43/h3-7,10-11,14-17,24-25,27,32,36,43,54,57H,8-9,12-13,18-23,26,28-30H2,1-2H3,(H,55,56)(H,58,61)/t32-,36-,43?. The van der Waals surface area contributed by atoms with Gasteiger partial charge >= 0.3 is 5.51 Å². The molecule has 374 valence electrons. The number of halogens is 4. The van der Waals surface area contributed by atoms with Gasteiger partial charge in [0.2, 0.25) is 0 Å². The highest BCUT2D eigenvalue weighted by Crippen LogP contribution is 2.41. The molecule has 0 radical (unpaired) electrons. The first-order valence-corrected chi connectivity index (χ1v) is 26.6. The number of aromatic nitrogens is 2. The van der Waals surface area contributed by atoms with Crippen LogP contribution in [0.15, 0.2) is 101 Å². The normalized spacial score (nSPS) is 21.7. The molecule has 4 N–H and O–H groups in total. The number of carbonyl (C=O) groups is 1. The van der Waals surface area contributed by atoms with E-state index in [2.05, 4.69) is 39.3 Å². The molecule has 1 aliphatic carbocycles. The van der Waals surface area contributed by atoms with Gasteiger partial charge < -0.3 is 34.7 Å². The van der Waals surface area contributed by atoms with Crippen molar-refractivity contribution < 1.29 is 49.0 Å². The van der Waals surface area contributed by atoms with Crippen LogP contribution < -0.4 is 25.0 Å². The molecule has 1 saturated carbocycles. The number of sulfone groups is 1. The SMILES string of the molecule is CC1(C)CC(c2ccc(Cl)cc2)=C(CN2CCN(c3cccc(C(=O)NS(=O)(=O)c4ccc(N[C@H]5CC[C@H](C6CNCCO6)CC5)c(S(=O)(=O)C(F)(F)F)c4)c3Oc3cnc4[nH]ccc4c3)CC2)CO1. The molecule has 2 aromatic heterocycles. The molecule has 0 bridgehead atoms. The first-order valence-electron chi connectivity index (χ1n) is 23.3. The van der Waals surface area contributed by atoms with Crippen molar-refractivity contribution in [3.63, 3.8) is 0 Å². The van der Waals surface area contributed by atoms with E-state index in [0.717, 1.165) is 30.7 Å². The van der Waals surface area contributed by atoms with Crippen LogP contribution in [-0.2, 0) is 29.3 Å². The Morgan fingerprint density at radius 1 is 0.971 bits per heavy atom. The first kappa shape index (κ1) is 49.7. The molecular weight excluding hydrogens is 971 g/mol. The average molecular weight is 1030 g/mol. The summed E-state index contributed by atoms with van der Waals surface area (Å²) in [7, 11) is -11.1. The molecule has 70 heavy (non-hydrogen) atoms. The number of morpholine rings is 1. The third-order valence-electron chi connectivity index (χ3n) is 13.5. The van der Waals surface area contributed by atoms with Crippen LogP contribution >= 0.6 is 11.6 Å². The number of anilines is 2. The van der Waals surface area contributed by atoms with Gasteiger partial charge in [-0.2, -0.15) is 13.2 Å². The Hall–Kier alpha value is -5.22. The topological polar surface area (TPSA) is 184 Å². The van der Waals surface area contributed by atoms with Crippen LogP contribution in [0.3, 0.4) is 0 Å². The van der Waals surface area contributed by atoms with E-state index in [1.54, 1.807) is 30.5 Å². The number of carbonyl (C=O) groups excluding carboxylic acids is 1. The minimum absolute atomic E-state index is 0.0110. The van der Waals surface area contributed by atoms with E-state index < -0.39 is 46.8 Å². The predicted octanol–water partition coefficient (Wildman–Crippen LogP) is 8.15. The molecule has 1 unspecified atom stereocenters. The zero-order valence-corrected chi connectivity index (χ0v) is 41.0. The maximum absolute atomic E-state index is 14.3. The number of alkyl halides is 3. The van der Waals surface area contributed by atoms with E-state index in [0.29, 0.717) is 106 Å². The van der Waals surface area contributed by atoms with Gasteiger partial charge in [-0.1, -0.05) is 29.8 Å². The third kappa shape index (κ3) is 11.0. The molecule has 2 saturated heterocycles. The molecule has 5 heterocycles. The number of rotatable bonds is 13. The van der Waals surface area contributed by atoms with Crippen LogP contribution in [-0.4, -0.2) is 120 Å². The zero-order chi connectivity index (χ0) is 49.4. The highest BCUT2D eigenvalue weighted by molar-refractivity contribution is 7.92. The Morgan fingerprint density at radius 2 is 1.73 bits per heavy atom. The minimum atomic E-state index is -6.07. The van der Waals surface area contributed by atoms with Gasteiger partial charge in [0.15, 0.2) is 5.75 Å². The largest absolute Gasteiger partial charge is 0.501 e. The van der Waals surface area contributed by atoms with E-state index in [9.17, 15) is 34.8 Å². The summed E-state index contributed by atoms with van der Waals surface area (Å²) in [5.74, 6) is -0.679. The number of fused-ring (bicyclic) bond motifs is 1. The molecule has 1 amide bonds. The molecule has 4 aliphatic rings. The van der Waals surface area contributed by atoms with Crippen molar-refractivity contribution in [1.82, 2.24) is 24.9 Å². The average Bonchev–Trinajstić information content (AvgIpc) is 3.81. The van der Waals surface area contributed by atoms with Crippen molar-refractivity contribution in [3.05, 3.63) is 107 Å². The lowest BCUT2D eigenvalue weighted by Crippen LogP contribution is -2.48. The second-order valence-electron chi connectivity index (χ2n) is 18.8. The number of aromatic amines is 1. The highest BCUT2D eigenvalue weighted by Gasteiger charge is 2.49. The van der Waals surface area contributed by atoms with E-state index >= 15 is 0 Å². The Labute approximate surface area is 410 Å². The fourth-order valence-electron chi connectivity index (χ4n) is 9.76. The Balaban J connectivity index is 0.965. The predicted molar refractivity (Wildman–Crippen MR) is 261 cm³/mol. The number of piperazine rings is 1. The number of sulfonamides is 1. The van der Waals surface area contributed by atoms with Crippen molar-refractivity contribution in [2.45, 2.75) is 79.0 Å². The van der Waals surface area contributed by atoms with Gasteiger partial charge in [0, 0.05) is 74.9 Å². The van der Waals surface area contributed by atoms with E-state index in [4.69, 9.17) is 25.8 Å². The summed E-state index contributed by atoms with van der Waals surface area (Å²) in [5.41, 5.74) is -2.15. The van der Waals surface area contributed by atoms with Crippen molar-refractivity contribution in [2.24, 2.45) is 5.92 Å². The van der Waals surface area contributed by atoms with Gasteiger partial charge in [0.1, 0.15) is 16.3 Å². The van der Waals surface area contributed by atoms with Gasteiger partial charge in [0.05, 0.1) is 52.9 Å². The van der Waals surface area contributed by atoms with Crippen LogP contribution in [0.4, 0.5) is 24.5 Å². The van der Waals surface area contributed by atoms with E-state index in [1.807, 2.05) is 33.9 Å². The summed E-state index contributed by atoms with van der Waals surface area (Å²) < 4.78 is 117. The van der Waals surface area contributed by atoms with Gasteiger partial charge in [0.25, 0.3) is 25.8 Å². The molecule has 15 nitrogen and oxygen atoms in total. The van der Waals surface area contributed by atoms with E-state index in [-0.39, 0.29) is 40.7 Å². The molecule has 3 fully saturated rings. The summed E-state index contributed by atoms with van der Waals surface area (Å²) in [5, 5.41) is 7.62. The number of benzene rings is 3. The first-order chi connectivity index (χ1) is 33.3.